The van der Waals surface area contributed by atoms with Crippen LogP contribution in [0.5, 0.6) is 11.5 Å². The molecule has 0 radical (unpaired) electrons. The van der Waals surface area contributed by atoms with E-state index in [1.54, 1.807) is 25.1 Å². The lowest BCUT2D eigenvalue weighted by atomic mass is 10.2. The van der Waals surface area contributed by atoms with Gasteiger partial charge < -0.3 is 14.2 Å². The molecule has 3 aromatic heterocycles. The number of fused-ring (bicyclic) bond motifs is 4. The molecule has 172 valence electrons. The Morgan fingerprint density at radius 3 is 2.62 bits per heavy atom. The summed E-state index contributed by atoms with van der Waals surface area (Å²) in [5.41, 5.74) is 3.41. The molecule has 1 aliphatic rings. The molecule has 1 saturated heterocycles. The van der Waals surface area contributed by atoms with Crippen molar-refractivity contribution in [3.05, 3.63) is 59.1 Å². The average Bonchev–Trinajstić information content (AvgIpc) is 3.49. The summed E-state index contributed by atoms with van der Waals surface area (Å²) in [6.07, 6.45) is 3.52. The number of benzene rings is 2. The van der Waals surface area contributed by atoms with Crippen LogP contribution in [0.4, 0.5) is 0 Å². The number of methoxy groups -OCH3 is 2. The highest BCUT2D eigenvalue weighted by Crippen LogP contribution is 2.34. The molecule has 0 spiro atoms. The number of hydrogen-bond acceptors (Lipinski definition) is 7. The number of nitrogens with zero attached hydrogens (tertiary/aromatic N) is 5. The summed E-state index contributed by atoms with van der Waals surface area (Å²) in [5, 5.41) is 0.415. The minimum Gasteiger partial charge on any atom is -0.497 e. The topological polar surface area (TPSA) is 93.3 Å². The molecule has 2 aromatic carbocycles. The molecule has 0 N–H and O–H groups in total. The van der Waals surface area contributed by atoms with Gasteiger partial charge in [-0.15, -0.1) is 0 Å². The van der Waals surface area contributed by atoms with Crippen LogP contribution in [0.1, 0.15) is 12.8 Å². The standard InChI is InChI=1S/C25H23N5O4/c1-32-15-9-10-20(33-2)19(12-15)30-23-21(22-24(30)28-18-8-4-3-7-17(18)27-22)25(31)29(14-26-23)13-16-6-5-11-34-16/h3-4,7-10,12,14,16H,5-6,11,13H2,1-2H3/t16-/m1/s1. The smallest absolute Gasteiger partial charge is 0.265 e. The van der Waals surface area contributed by atoms with Crippen LogP contribution < -0.4 is 15.0 Å². The molecular weight excluding hydrogens is 434 g/mol. The number of hydrogen-bond donors (Lipinski definition) is 0. The maximum Gasteiger partial charge on any atom is 0.265 e. The van der Waals surface area contributed by atoms with E-state index >= 15 is 0 Å². The first kappa shape index (κ1) is 20.6. The highest BCUT2D eigenvalue weighted by atomic mass is 16.5. The lowest BCUT2D eigenvalue weighted by Crippen LogP contribution is -2.26. The first-order valence-corrected chi connectivity index (χ1v) is 11.2. The molecule has 1 atom stereocenters. The molecule has 4 heterocycles. The van der Waals surface area contributed by atoms with Gasteiger partial charge in [0.05, 0.1) is 43.6 Å². The molecule has 0 saturated carbocycles. The van der Waals surface area contributed by atoms with Crippen LogP contribution in [-0.2, 0) is 11.3 Å². The lowest BCUT2D eigenvalue weighted by molar-refractivity contribution is 0.0960. The van der Waals surface area contributed by atoms with Gasteiger partial charge in [0, 0.05) is 12.7 Å². The summed E-state index contributed by atoms with van der Waals surface area (Å²) in [5.74, 6) is 1.24. The first-order chi connectivity index (χ1) is 16.7. The molecule has 0 bridgehead atoms. The third-order valence-electron chi connectivity index (χ3n) is 6.28. The van der Waals surface area contributed by atoms with Gasteiger partial charge in [-0.2, -0.15) is 0 Å². The average molecular weight is 457 g/mol. The molecule has 1 aliphatic heterocycles. The van der Waals surface area contributed by atoms with Gasteiger partial charge in [0.1, 0.15) is 28.7 Å². The van der Waals surface area contributed by atoms with E-state index in [9.17, 15) is 4.79 Å². The Kier molecular flexibility index (Phi) is 4.91. The van der Waals surface area contributed by atoms with Gasteiger partial charge in [0.15, 0.2) is 11.3 Å². The van der Waals surface area contributed by atoms with Gasteiger partial charge >= 0.3 is 0 Å². The Labute approximate surface area is 194 Å². The highest BCUT2D eigenvalue weighted by Gasteiger charge is 2.24. The lowest BCUT2D eigenvalue weighted by Gasteiger charge is -2.14. The minimum absolute atomic E-state index is 0.00990. The van der Waals surface area contributed by atoms with E-state index in [1.807, 2.05) is 47.0 Å². The molecule has 34 heavy (non-hydrogen) atoms. The molecular formula is C25H23N5O4. The van der Waals surface area contributed by atoms with Gasteiger partial charge in [0.25, 0.3) is 5.56 Å². The zero-order chi connectivity index (χ0) is 23.2. The fourth-order valence-corrected chi connectivity index (χ4v) is 4.61. The van der Waals surface area contributed by atoms with Crippen LogP contribution in [0.15, 0.2) is 53.6 Å². The molecule has 1 fully saturated rings. The fraction of sp³-hybridized carbons (Fsp3) is 0.280. The van der Waals surface area contributed by atoms with Crippen molar-refractivity contribution in [3.8, 4) is 17.2 Å². The van der Waals surface area contributed by atoms with Gasteiger partial charge in [-0.3, -0.25) is 13.9 Å². The second-order valence-electron chi connectivity index (χ2n) is 8.29. The summed E-state index contributed by atoms with van der Waals surface area (Å²) in [6, 6.07) is 13.1. The van der Waals surface area contributed by atoms with Crippen molar-refractivity contribution in [3.63, 3.8) is 0 Å². The molecule has 9 heteroatoms. The van der Waals surface area contributed by atoms with E-state index in [0.717, 1.165) is 25.0 Å². The van der Waals surface area contributed by atoms with Crippen LogP contribution in [0.25, 0.3) is 38.9 Å². The Balaban J connectivity index is 1.70. The van der Waals surface area contributed by atoms with Crippen LogP contribution in [0.2, 0.25) is 0 Å². The number of rotatable bonds is 5. The summed E-state index contributed by atoms with van der Waals surface area (Å²) in [7, 11) is 3.20. The molecule has 5 aromatic rings. The summed E-state index contributed by atoms with van der Waals surface area (Å²) in [4.78, 5) is 28.2. The molecule has 0 aliphatic carbocycles. The van der Waals surface area contributed by atoms with Crippen LogP contribution in [-0.4, -0.2) is 51.0 Å². The van der Waals surface area contributed by atoms with E-state index in [4.69, 9.17) is 29.2 Å². The van der Waals surface area contributed by atoms with Crippen molar-refractivity contribution < 1.29 is 14.2 Å². The van der Waals surface area contributed by atoms with Gasteiger partial charge in [-0.1, -0.05) is 12.1 Å². The van der Waals surface area contributed by atoms with Crippen LogP contribution in [0.3, 0.4) is 0 Å². The van der Waals surface area contributed by atoms with E-state index in [1.165, 1.54) is 0 Å². The Morgan fingerprint density at radius 1 is 1.06 bits per heavy atom. The second-order valence-corrected chi connectivity index (χ2v) is 8.29. The summed E-state index contributed by atoms with van der Waals surface area (Å²) in [6.45, 7) is 1.18. The van der Waals surface area contributed by atoms with Gasteiger partial charge in [0.2, 0.25) is 0 Å². The van der Waals surface area contributed by atoms with Crippen LogP contribution >= 0.6 is 0 Å². The largest absolute Gasteiger partial charge is 0.497 e. The number of para-hydroxylation sites is 2. The monoisotopic (exact) mass is 457 g/mol. The van der Waals surface area contributed by atoms with Crippen molar-refractivity contribution in [1.82, 2.24) is 24.1 Å². The third kappa shape index (κ3) is 3.19. The van der Waals surface area contributed by atoms with Crippen molar-refractivity contribution in [2.45, 2.75) is 25.5 Å². The predicted molar refractivity (Wildman–Crippen MR) is 128 cm³/mol. The predicted octanol–water partition coefficient (Wildman–Crippen LogP) is 3.48. The molecule has 0 amide bonds. The fourth-order valence-electron chi connectivity index (χ4n) is 4.61. The quantitative estimate of drug-likeness (QED) is 0.399. The van der Waals surface area contributed by atoms with Crippen LogP contribution in [0, 0.1) is 0 Å². The summed E-state index contributed by atoms with van der Waals surface area (Å²) < 4.78 is 20.3. The normalized spacial score (nSPS) is 16.0. The Bertz CT molecular complexity index is 1600. The zero-order valence-corrected chi connectivity index (χ0v) is 18.9. The van der Waals surface area contributed by atoms with E-state index < -0.39 is 0 Å². The van der Waals surface area contributed by atoms with Gasteiger partial charge in [-0.05, 0) is 37.1 Å². The number of ether oxygens (including phenoxy) is 3. The van der Waals surface area contributed by atoms with Crippen molar-refractivity contribution in [2.24, 2.45) is 0 Å². The van der Waals surface area contributed by atoms with E-state index in [0.29, 0.717) is 51.4 Å². The second kappa shape index (κ2) is 8.11. The van der Waals surface area contributed by atoms with Crippen molar-refractivity contribution in [1.29, 1.82) is 0 Å². The van der Waals surface area contributed by atoms with E-state index in [-0.39, 0.29) is 11.7 Å². The number of aromatic nitrogens is 5. The Hall–Kier alpha value is -3.98. The molecule has 9 nitrogen and oxygen atoms in total. The maximum absolute atomic E-state index is 13.7. The zero-order valence-electron chi connectivity index (χ0n) is 18.9. The molecule has 6 rings (SSSR count). The first-order valence-electron chi connectivity index (χ1n) is 11.2. The van der Waals surface area contributed by atoms with Crippen molar-refractivity contribution >= 4 is 33.2 Å². The SMILES string of the molecule is COc1ccc(OC)c(-n2c3nc4ccccc4nc3c3c(=O)n(C[C@H]4CCCO4)cnc32)c1. The van der Waals surface area contributed by atoms with Gasteiger partial charge in [-0.25, -0.2) is 15.0 Å². The van der Waals surface area contributed by atoms with E-state index in [2.05, 4.69) is 0 Å². The van der Waals surface area contributed by atoms with Crippen molar-refractivity contribution in [2.75, 3.05) is 20.8 Å². The molecule has 0 unspecified atom stereocenters. The Morgan fingerprint density at radius 2 is 1.88 bits per heavy atom. The maximum atomic E-state index is 13.7. The minimum atomic E-state index is -0.171. The highest BCUT2D eigenvalue weighted by molar-refractivity contribution is 6.06. The summed E-state index contributed by atoms with van der Waals surface area (Å²) >= 11 is 0. The third-order valence-corrected chi connectivity index (χ3v) is 6.28.